The van der Waals surface area contributed by atoms with E-state index in [0.717, 1.165) is 11.4 Å². The van der Waals surface area contributed by atoms with Gasteiger partial charge >= 0.3 is 0 Å². The van der Waals surface area contributed by atoms with Gasteiger partial charge in [-0.1, -0.05) is 19.9 Å². The molecular weight excluding hydrogens is 162 g/mol. The van der Waals surface area contributed by atoms with Crippen LogP contribution < -0.4 is 10.1 Å². The minimum Gasteiger partial charge on any atom is -0.461 e. The minimum atomic E-state index is 0.554. The molecule has 0 bridgehead atoms. The summed E-state index contributed by atoms with van der Waals surface area (Å²) in [6, 6.07) is 6.23. The van der Waals surface area contributed by atoms with E-state index in [-0.39, 0.29) is 0 Å². The molecule has 68 valence electrons. The molecule has 0 aliphatic carbocycles. The van der Waals surface area contributed by atoms with Crippen LogP contribution >= 0.6 is 0 Å². The largest absolute Gasteiger partial charge is 0.461 e. The Kier molecular flexibility index (Phi) is 1.97. The quantitative estimate of drug-likeness (QED) is 0.708. The SMILES string of the molecule is CC(C)c1ccc2c(c1)NC=CO2. The van der Waals surface area contributed by atoms with Crippen LogP contribution in [0, 0.1) is 0 Å². The summed E-state index contributed by atoms with van der Waals surface area (Å²) >= 11 is 0. The van der Waals surface area contributed by atoms with Gasteiger partial charge in [0.2, 0.25) is 0 Å². The summed E-state index contributed by atoms with van der Waals surface area (Å²) in [6.07, 6.45) is 3.45. The molecule has 1 aromatic rings. The number of nitrogens with one attached hydrogen (secondary N) is 1. The second-order valence-electron chi connectivity index (χ2n) is 3.48. The van der Waals surface area contributed by atoms with Crippen molar-refractivity contribution in [2.24, 2.45) is 0 Å². The maximum atomic E-state index is 5.32. The van der Waals surface area contributed by atoms with E-state index in [1.165, 1.54) is 5.56 Å². The van der Waals surface area contributed by atoms with E-state index in [2.05, 4.69) is 31.3 Å². The average molecular weight is 175 g/mol. The molecule has 2 nitrogen and oxygen atoms in total. The molecule has 0 unspecified atom stereocenters. The van der Waals surface area contributed by atoms with Gasteiger partial charge in [-0.15, -0.1) is 0 Å². The lowest BCUT2D eigenvalue weighted by Crippen LogP contribution is -2.00. The van der Waals surface area contributed by atoms with Crippen molar-refractivity contribution in [1.29, 1.82) is 0 Å². The first-order valence-corrected chi connectivity index (χ1v) is 4.49. The summed E-state index contributed by atoms with van der Waals surface area (Å²) in [7, 11) is 0. The zero-order chi connectivity index (χ0) is 9.26. The van der Waals surface area contributed by atoms with Crippen molar-refractivity contribution in [3.8, 4) is 5.75 Å². The zero-order valence-electron chi connectivity index (χ0n) is 7.87. The molecule has 0 saturated heterocycles. The zero-order valence-corrected chi connectivity index (χ0v) is 7.87. The first-order valence-electron chi connectivity index (χ1n) is 4.49. The molecule has 13 heavy (non-hydrogen) atoms. The van der Waals surface area contributed by atoms with Gasteiger partial charge in [-0.2, -0.15) is 0 Å². The van der Waals surface area contributed by atoms with Crippen molar-refractivity contribution in [2.75, 3.05) is 5.32 Å². The maximum Gasteiger partial charge on any atom is 0.150 e. The van der Waals surface area contributed by atoms with Gasteiger partial charge in [0.1, 0.15) is 12.0 Å². The third-order valence-electron chi connectivity index (χ3n) is 2.17. The van der Waals surface area contributed by atoms with Crippen LogP contribution in [0.3, 0.4) is 0 Å². The highest BCUT2D eigenvalue weighted by atomic mass is 16.5. The van der Waals surface area contributed by atoms with Gasteiger partial charge in [0.15, 0.2) is 0 Å². The summed E-state index contributed by atoms with van der Waals surface area (Å²) in [5.41, 5.74) is 2.37. The van der Waals surface area contributed by atoms with E-state index >= 15 is 0 Å². The van der Waals surface area contributed by atoms with E-state index in [1.807, 2.05) is 6.07 Å². The van der Waals surface area contributed by atoms with Gasteiger partial charge in [-0.05, 0) is 23.6 Å². The van der Waals surface area contributed by atoms with Crippen molar-refractivity contribution >= 4 is 5.69 Å². The molecule has 2 heteroatoms. The number of anilines is 1. The lowest BCUT2D eigenvalue weighted by Gasteiger charge is -2.15. The van der Waals surface area contributed by atoms with Gasteiger partial charge in [-0.3, -0.25) is 0 Å². The first kappa shape index (κ1) is 8.17. The van der Waals surface area contributed by atoms with Crippen LogP contribution in [0.15, 0.2) is 30.7 Å². The molecule has 0 aromatic heterocycles. The Hall–Kier alpha value is -1.44. The summed E-state index contributed by atoms with van der Waals surface area (Å²) in [5.74, 6) is 1.45. The number of ether oxygens (including phenoxy) is 1. The van der Waals surface area contributed by atoms with Gasteiger partial charge in [-0.25, -0.2) is 0 Å². The summed E-state index contributed by atoms with van der Waals surface area (Å²) in [6.45, 7) is 4.36. The van der Waals surface area contributed by atoms with Crippen molar-refractivity contribution < 1.29 is 4.74 Å². The molecule has 0 amide bonds. The molecule has 0 spiro atoms. The van der Waals surface area contributed by atoms with Gasteiger partial charge in [0, 0.05) is 6.20 Å². The molecule has 1 heterocycles. The molecule has 1 N–H and O–H groups in total. The standard InChI is InChI=1S/C11H13NO/c1-8(2)9-3-4-11-10(7-9)12-5-6-13-11/h3-8,12H,1-2H3. The third-order valence-corrected chi connectivity index (χ3v) is 2.17. The van der Waals surface area contributed by atoms with Gasteiger partial charge in [0.25, 0.3) is 0 Å². The van der Waals surface area contributed by atoms with E-state index in [1.54, 1.807) is 12.5 Å². The first-order chi connectivity index (χ1) is 6.27. The summed E-state index contributed by atoms with van der Waals surface area (Å²) in [5, 5.41) is 3.15. The number of hydrogen-bond donors (Lipinski definition) is 1. The smallest absolute Gasteiger partial charge is 0.150 e. The number of benzene rings is 1. The van der Waals surface area contributed by atoms with Crippen molar-refractivity contribution in [2.45, 2.75) is 19.8 Å². The highest BCUT2D eigenvalue weighted by Crippen LogP contribution is 2.30. The normalized spacial score (nSPS) is 13.5. The molecule has 0 radical (unpaired) electrons. The lowest BCUT2D eigenvalue weighted by molar-refractivity contribution is 0.477. The Morgan fingerprint density at radius 3 is 2.92 bits per heavy atom. The Labute approximate surface area is 78.2 Å². The minimum absolute atomic E-state index is 0.554. The monoisotopic (exact) mass is 175 g/mol. The lowest BCUT2D eigenvalue weighted by atomic mass is 10.0. The highest BCUT2D eigenvalue weighted by Gasteiger charge is 2.07. The van der Waals surface area contributed by atoms with Crippen molar-refractivity contribution in [3.05, 3.63) is 36.2 Å². The Bertz CT molecular complexity index is 342. The average Bonchev–Trinajstić information content (AvgIpc) is 2.17. The van der Waals surface area contributed by atoms with E-state index in [0.29, 0.717) is 5.92 Å². The maximum absolute atomic E-state index is 5.32. The van der Waals surface area contributed by atoms with E-state index in [4.69, 9.17) is 4.74 Å². The fourth-order valence-electron chi connectivity index (χ4n) is 1.35. The van der Waals surface area contributed by atoms with Crippen LogP contribution in [0.2, 0.25) is 0 Å². The Morgan fingerprint density at radius 2 is 2.15 bits per heavy atom. The van der Waals surface area contributed by atoms with Crippen LogP contribution in [0.25, 0.3) is 0 Å². The summed E-state index contributed by atoms with van der Waals surface area (Å²) < 4.78 is 5.32. The molecule has 1 aliphatic rings. The topological polar surface area (TPSA) is 21.3 Å². The van der Waals surface area contributed by atoms with Gasteiger partial charge in [0.05, 0.1) is 5.69 Å². The number of rotatable bonds is 1. The van der Waals surface area contributed by atoms with Crippen LogP contribution in [0.5, 0.6) is 5.75 Å². The van der Waals surface area contributed by atoms with Crippen molar-refractivity contribution in [3.63, 3.8) is 0 Å². The van der Waals surface area contributed by atoms with Crippen molar-refractivity contribution in [1.82, 2.24) is 0 Å². The molecule has 0 atom stereocenters. The molecule has 2 rings (SSSR count). The number of fused-ring (bicyclic) bond motifs is 1. The van der Waals surface area contributed by atoms with Gasteiger partial charge < -0.3 is 10.1 Å². The molecule has 1 aliphatic heterocycles. The molecular formula is C11H13NO. The molecule has 0 saturated carbocycles. The Morgan fingerprint density at radius 1 is 1.31 bits per heavy atom. The molecule has 1 aromatic carbocycles. The predicted molar refractivity (Wildman–Crippen MR) is 53.9 cm³/mol. The molecule has 0 fully saturated rings. The second kappa shape index (κ2) is 3.13. The Balaban J connectivity index is 2.38. The fourth-order valence-corrected chi connectivity index (χ4v) is 1.35. The second-order valence-corrected chi connectivity index (χ2v) is 3.48. The van der Waals surface area contributed by atoms with Crippen LogP contribution in [-0.2, 0) is 0 Å². The van der Waals surface area contributed by atoms with E-state index < -0.39 is 0 Å². The fraction of sp³-hybridized carbons (Fsp3) is 0.273. The number of hydrogen-bond acceptors (Lipinski definition) is 2. The van der Waals surface area contributed by atoms with Crippen LogP contribution in [0.4, 0.5) is 5.69 Å². The summed E-state index contributed by atoms with van der Waals surface area (Å²) in [4.78, 5) is 0. The van der Waals surface area contributed by atoms with Crippen LogP contribution in [0.1, 0.15) is 25.3 Å². The highest BCUT2D eigenvalue weighted by molar-refractivity contribution is 5.61. The predicted octanol–water partition coefficient (Wildman–Crippen LogP) is 3.09. The van der Waals surface area contributed by atoms with Crippen LogP contribution in [-0.4, -0.2) is 0 Å². The third kappa shape index (κ3) is 1.52. The van der Waals surface area contributed by atoms with E-state index in [9.17, 15) is 0 Å².